The first-order valence-electron chi connectivity index (χ1n) is 6.24. The van der Waals surface area contributed by atoms with Crippen LogP contribution in [0.1, 0.15) is 22.4 Å². The van der Waals surface area contributed by atoms with Crippen molar-refractivity contribution in [2.24, 2.45) is 0 Å². The molecule has 1 aromatic heterocycles. The summed E-state index contributed by atoms with van der Waals surface area (Å²) in [4.78, 5) is -0.222. The van der Waals surface area contributed by atoms with E-state index in [0.29, 0.717) is 11.3 Å². The van der Waals surface area contributed by atoms with Gasteiger partial charge in [0.05, 0.1) is 10.5 Å². The van der Waals surface area contributed by atoms with Gasteiger partial charge in [-0.15, -0.1) is 0 Å². The predicted octanol–water partition coefficient (Wildman–Crippen LogP) is 3.15. The van der Waals surface area contributed by atoms with Crippen LogP contribution in [-0.2, 0) is 16.2 Å². The van der Waals surface area contributed by atoms with Gasteiger partial charge in [-0.1, -0.05) is 0 Å². The van der Waals surface area contributed by atoms with Gasteiger partial charge in [0.25, 0.3) is 10.0 Å². The first-order valence-corrected chi connectivity index (χ1v) is 7.73. The molecular weight excluding hydrogens is 319 g/mol. The Labute approximate surface area is 125 Å². The number of benzene rings is 1. The lowest BCUT2D eigenvalue weighted by atomic mass is 10.1. The zero-order chi connectivity index (χ0) is 16.7. The molecule has 0 saturated heterocycles. The van der Waals surface area contributed by atoms with Gasteiger partial charge < -0.3 is 0 Å². The van der Waals surface area contributed by atoms with Crippen molar-refractivity contribution in [1.82, 2.24) is 10.2 Å². The molecule has 2 rings (SSSR count). The highest BCUT2D eigenvalue weighted by Gasteiger charge is 2.31. The molecular formula is C13H14F3N3O2S. The van der Waals surface area contributed by atoms with Crippen molar-refractivity contribution in [3.63, 3.8) is 0 Å². The largest absolute Gasteiger partial charge is 0.416 e. The molecule has 0 saturated carbocycles. The van der Waals surface area contributed by atoms with Gasteiger partial charge in [-0.05, 0) is 44.5 Å². The molecule has 0 aliphatic carbocycles. The van der Waals surface area contributed by atoms with Crippen molar-refractivity contribution in [1.29, 1.82) is 0 Å². The number of halogens is 3. The van der Waals surface area contributed by atoms with E-state index in [1.807, 2.05) is 0 Å². The lowest BCUT2D eigenvalue weighted by molar-refractivity contribution is -0.137. The second kappa shape index (κ2) is 5.31. The first kappa shape index (κ1) is 16.3. The number of H-pyrrole nitrogens is 1. The SMILES string of the molecule is Cc1cc(C(F)(F)F)ccc1S(=O)(=O)Nc1n[nH]c(C)c1C. The molecule has 120 valence electrons. The van der Waals surface area contributed by atoms with E-state index in [0.717, 1.165) is 18.2 Å². The smallest absolute Gasteiger partial charge is 0.280 e. The van der Waals surface area contributed by atoms with Crippen molar-refractivity contribution in [3.8, 4) is 0 Å². The number of nitrogens with one attached hydrogen (secondary N) is 2. The highest BCUT2D eigenvalue weighted by atomic mass is 32.2. The van der Waals surface area contributed by atoms with Crippen molar-refractivity contribution in [2.45, 2.75) is 31.8 Å². The van der Waals surface area contributed by atoms with E-state index in [9.17, 15) is 21.6 Å². The number of aryl methyl sites for hydroxylation is 2. The molecule has 2 aromatic rings. The fourth-order valence-electron chi connectivity index (χ4n) is 1.89. The van der Waals surface area contributed by atoms with E-state index in [-0.39, 0.29) is 16.3 Å². The van der Waals surface area contributed by atoms with Gasteiger partial charge in [-0.3, -0.25) is 9.82 Å². The standard InChI is InChI=1S/C13H14F3N3O2S/c1-7-6-10(13(14,15)16)4-5-11(7)22(20,21)19-12-8(2)9(3)17-18-12/h4-6H,1-3H3,(H2,17,18,19). The van der Waals surface area contributed by atoms with Crippen molar-refractivity contribution in [3.05, 3.63) is 40.6 Å². The minimum atomic E-state index is -4.52. The maximum absolute atomic E-state index is 12.6. The summed E-state index contributed by atoms with van der Waals surface area (Å²) in [6.07, 6.45) is -4.52. The van der Waals surface area contributed by atoms with Crippen LogP contribution in [0.4, 0.5) is 19.0 Å². The zero-order valence-corrected chi connectivity index (χ0v) is 12.9. The second-order valence-electron chi connectivity index (χ2n) is 4.91. The number of hydrogen-bond acceptors (Lipinski definition) is 3. The summed E-state index contributed by atoms with van der Waals surface area (Å²) in [6, 6.07) is 2.48. The van der Waals surface area contributed by atoms with Crippen molar-refractivity contribution in [2.75, 3.05) is 4.72 Å². The molecule has 0 aliphatic rings. The fourth-order valence-corrected chi connectivity index (χ4v) is 3.19. The summed E-state index contributed by atoms with van der Waals surface area (Å²) < 4.78 is 64.7. The summed E-state index contributed by atoms with van der Waals surface area (Å²) in [5.74, 6) is 0.122. The number of alkyl halides is 3. The van der Waals surface area contributed by atoms with Crippen LogP contribution in [0.15, 0.2) is 23.1 Å². The molecule has 0 bridgehead atoms. The number of sulfonamides is 1. The predicted molar refractivity (Wildman–Crippen MR) is 75.1 cm³/mol. The Morgan fingerprint density at radius 2 is 1.82 bits per heavy atom. The summed E-state index contributed by atoms with van der Waals surface area (Å²) >= 11 is 0. The number of anilines is 1. The molecule has 1 aromatic carbocycles. The molecule has 0 radical (unpaired) electrons. The molecule has 0 spiro atoms. The molecule has 1 heterocycles. The van der Waals surface area contributed by atoms with Crippen LogP contribution in [0.25, 0.3) is 0 Å². The van der Waals surface area contributed by atoms with Crippen LogP contribution in [0.2, 0.25) is 0 Å². The third kappa shape index (κ3) is 3.08. The third-order valence-electron chi connectivity index (χ3n) is 3.28. The molecule has 0 fully saturated rings. The molecule has 2 N–H and O–H groups in total. The number of aromatic amines is 1. The quantitative estimate of drug-likeness (QED) is 0.906. The van der Waals surface area contributed by atoms with Gasteiger partial charge in [0, 0.05) is 11.3 Å². The van der Waals surface area contributed by atoms with Gasteiger partial charge in [0.2, 0.25) is 0 Å². The average Bonchev–Trinajstić information content (AvgIpc) is 2.69. The highest BCUT2D eigenvalue weighted by molar-refractivity contribution is 7.92. The third-order valence-corrected chi connectivity index (χ3v) is 4.78. The topological polar surface area (TPSA) is 74.8 Å². The molecule has 5 nitrogen and oxygen atoms in total. The Kier molecular flexibility index (Phi) is 3.94. The summed E-state index contributed by atoms with van der Waals surface area (Å²) in [5.41, 5.74) is 0.429. The van der Waals surface area contributed by atoms with Crippen LogP contribution in [0.3, 0.4) is 0 Å². The van der Waals surface area contributed by atoms with E-state index < -0.39 is 21.8 Å². The number of rotatable bonds is 3. The molecule has 0 atom stereocenters. The Morgan fingerprint density at radius 3 is 2.27 bits per heavy atom. The molecule has 9 heteroatoms. The van der Waals surface area contributed by atoms with Gasteiger partial charge in [-0.25, -0.2) is 8.42 Å². The van der Waals surface area contributed by atoms with Crippen LogP contribution in [0, 0.1) is 20.8 Å². The maximum Gasteiger partial charge on any atom is 0.416 e. The van der Waals surface area contributed by atoms with E-state index in [1.165, 1.54) is 6.92 Å². The van der Waals surface area contributed by atoms with Gasteiger partial charge in [-0.2, -0.15) is 18.3 Å². The van der Waals surface area contributed by atoms with Gasteiger partial charge >= 0.3 is 6.18 Å². The van der Waals surface area contributed by atoms with E-state index >= 15 is 0 Å². The summed E-state index contributed by atoms with van der Waals surface area (Å²) in [7, 11) is -4.02. The maximum atomic E-state index is 12.6. The van der Waals surface area contributed by atoms with Crippen LogP contribution < -0.4 is 4.72 Å². The minimum Gasteiger partial charge on any atom is -0.280 e. The number of nitrogens with zero attached hydrogens (tertiary/aromatic N) is 1. The summed E-state index contributed by atoms with van der Waals surface area (Å²) in [6.45, 7) is 4.71. The number of aromatic nitrogens is 2. The Balaban J connectivity index is 2.40. The average molecular weight is 333 g/mol. The Morgan fingerprint density at radius 1 is 1.18 bits per heavy atom. The lowest BCUT2D eigenvalue weighted by Crippen LogP contribution is -2.16. The summed E-state index contributed by atoms with van der Waals surface area (Å²) in [5, 5.41) is 6.45. The van der Waals surface area contributed by atoms with Crippen molar-refractivity contribution < 1.29 is 21.6 Å². The van der Waals surface area contributed by atoms with Gasteiger partial charge in [0.1, 0.15) is 0 Å². The Bertz CT molecular complexity index is 810. The van der Waals surface area contributed by atoms with E-state index in [2.05, 4.69) is 14.9 Å². The molecule has 0 aliphatic heterocycles. The Hall–Kier alpha value is -2.03. The monoisotopic (exact) mass is 333 g/mol. The normalized spacial score (nSPS) is 12.5. The van der Waals surface area contributed by atoms with E-state index in [1.54, 1.807) is 13.8 Å². The fraction of sp³-hybridized carbons (Fsp3) is 0.308. The van der Waals surface area contributed by atoms with Gasteiger partial charge in [0.15, 0.2) is 5.82 Å². The van der Waals surface area contributed by atoms with Crippen LogP contribution in [0.5, 0.6) is 0 Å². The first-order chi connectivity index (χ1) is 10.0. The zero-order valence-electron chi connectivity index (χ0n) is 12.0. The minimum absolute atomic E-state index is 0.00670. The number of hydrogen-bond donors (Lipinski definition) is 2. The van der Waals surface area contributed by atoms with Crippen LogP contribution >= 0.6 is 0 Å². The van der Waals surface area contributed by atoms with Crippen molar-refractivity contribution >= 4 is 15.8 Å². The van der Waals surface area contributed by atoms with Crippen LogP contribution in [-0.4, -0.2) is 18.6 Å². The lowest BCUT2D eigenvalue weighted by Gasteiger charge is -2.12. The molecule has 22 heavy (non-hydrogen) atoms. The molecule has 0 unspecified atom stereocenters. The second-order valence-corrected chi connectivity index (χ2v) is 6.56. The molecule has 0 amide bonds. The highest BCUT2D eigenvalue weighted by Crippen LogP contribution is 2.31. The van der Waals surface area contributed by atoms with E-state index in [4.69, 9.17) is 0 Å².